The Kier molecular flexibility index (Phi) is 9.38. The molecule has 1 aliphatic rings. The zero-order valence-corrected chi connectivity index (χ0v) is 25.1. The number of hydrogen-bond donors (Lipinski definition) is 3. The predicted molar refractivity (Wildman–Crippen MR) is 161 cm³/mol. The average molecular weight is 570 g/mol. The van der Waals surface area contributed by atoms with Gasteiger partial charge in [0.15, 0.2) is 23.1 Å². The van der Waals surface area contributed by atoms with E-state index < -0.39 is 0 Å². The smallest absolute Gasteiger partial charge is 0.185 e. The maximum atomic E-state index is 9.94. The number of nitrogens with zero attached hydrogens (tertiary/aromatic N) is 6. The van der Waals surface area contributed by atoms with Crippen molar-refractivity contribution in [3.63, 3.8) is 0 Å². The molecule has 0 radical (unpaired) electrons. The van der Waals surface area contributed by atoms with E-state index in [9.17, 15) is 5.26 Å². The molecule has 0 saturated carbocycles. The highest BCUT2D eigenvalue weighted by atomic mass is 32.2. The van der Waals surface area contributed by atoms with Gasteiger partial charge in [-0.3, -0.25) is 5.01 Å². The molecule has 0 aliphatic carbocycles. The van der Waals surface area contributed by atoms with Crippen LogP contribution in [0.4, 0.5) is 16.5 Å². The largest absolute Gasteiger partial charge is 0.393 e. The van der Waals surface area contributed by atoms with Gasteiger partial charge < -0.3 is 20.9 Å². The van der Waals surface area contributed by atoms with Gasteiger partial charge in [-0.05, 0) is 58.9 Å². The van der Waals surface area contributed by atoms with Crippen LogP contribution in [0.3, 0.4) is 0 Å². The number of nitriles is 1. The number of anilines is 3. The van der Waals surface area contributed by atoms with E-state index in [0.29, 0.717) is 56.8 Å². The molecule has 3 aromatic rings. The average Bonchev–Trinajstić information content (AvgIpc) is 3.63. The van der Waals surface area contributed by atoms with E-state index in [1.165, 1.54) is 23.1 Å². The van der Waals surface area contributed by atoms with Crippen molar-refractivity contribution in [1.29, 1.82) is 5.26 Å². The van der Waals surface area contributed by atoms with Gasteiger partial charge in [-0.25, -0.2) is 15.8 Å². The summed E-state index contributed by atoms with van der Waals surface area (Å²) in [7, 11) is 2.13. The molecule has 3 aromatic heterocycles. The van der Waals surface area contributed by atoms with E-state index in [1.54, 1.807) is 5.01 Å². The number of likely N-dealkylation sites (N-methyl/N-ethyl adjacent to an activating group) is 1. The molecular formula is C27H39N9OS2. The fourth-order valence-corrected chi connectivity index (χ4v) is 6.95. The maximum absolute atomic E-state index is 9.94. The van der Waals surface area contributed by atoms with Gasteiger partial charge in [-0.2, -0.15) is 5.26 Å². The van der Waals surface area contributed by atoms with Crippen molar-refractivity contribution < 1.29 is 4.52 Å². The number of nitrogens with two attached hydrogens (primary N) is 3. The zero-order chi connectivity index (χ0) is 28.3. The Morgan fingerprint density at radius 2 is 2.03 bits per heavy atom. The van der Waals surface area contributed by atoms with Crippen molar-refractivity contribution in [2.24, 2.45) is 5.84 Å². The molecule has 6 N–H and O–H groups in total. The van der Waals surface area contributed by atoms with Crippen molar-refractivity contribution in [3.05, 3.63) is 16.0 Å². The summed E-state index contributed by atoms with van der Waals surface area (Å²) < 4.78 is 6.00. The second-order valence-corrected chi connectivity index (χ2v) is 12.0. The van der Waals surface area contributed by atoms with E-state index in [-0.39, 0.29) is 6.04 Å². The van der Waals surface area contributed by atoms with Gasteiger partial charge in [-0.15, -0.1) is 23.1 Å². The highest BCUT2D eigenvalue weighted by Gasteiger charge is 2.33. The molecule has 1 fully saturated rings. The number of thiophene rings is 1. The quantitative estimate of drug-likeness (QED) is 0.122. The van der Waals surface area contributed by atoms with Crippen LogP contribution in [0, 0.1) is 11.3 Å². The molecule has 0 bridgehead atoms. The molecule has 2 atom stereocenters. The van der Waals surface area contributed by atoms with Crippen molar-refractivity contribution in [2.45, 2.75) is 82.8 Å². The van der Waals surface area contributed by atoms with Crippen molar-refractivity contribution >= 4 is 39.6 Å². The van der Waals surface area contributed by atoms with Crippen LogP contribution >= 0.6 is 23.1 Å². The number of aromatic nitrogens is 3. The van der Waals surface area contributed by atoms with Gasteiger partial charge >= 0.3 is 0 Å². The summed E-state index contributed by atoms with van der Waals surface area (Å²) in [6.07, 6.45) is 8.45. The monoisotopic (exact) mass is 569 g/mol. The van der Waals surface area contributed by atoms with Gasteiger partial charge in [-0.1, -0.05) is 31.8 Å². The Hall–Kier alpha value is -2.85. The molecule has 0 spiro atoms. The minimum Gasteiger partial charge on any atom is -0.393 e. The highest BCUT2D eigenvalue weighted by molar-refractivity contribution is 7.98. The van der Waals surface area contributed by atoms with E-state index >= 15 is 0 Å². The molecule has 1 saturated heterocycles. The predicted octanol–water partition coefficient (Wildman–Crippen LogP) is 5.08. The molecule has 2 unspecified atom stereocenters. The number of thioether (sulfide) groups is 1. The van der Waals surface area contributed by atoms with E-state index in [2.05, 4.69) is 43.9 Å². The van der Waals surface area contributed by atoms with E-state index in [1.807, 2.05) is 6.26 Å². The summed E-state index contributed by atoms with van der Waals surface area (Å²) in [6, 6.07) is 2.58. The fourth-order valence-electron chi connectivity index (χ4n) is 5.34. The standard InChI is InChI=1S/C27H39N9OS2/c1-6-8-11-16-22(34-37-23(16)20-17(14-28)24(30)39-19(20)10-7-2)25-32-26(21(29)27(33-25)38-5)36(31)15(3)18-12-9-13-35(18)4/h15,18H,6-13,29-31H2,1-5H3. The van der Waals surface area contributed by atoms with Crippen molar-refractivity contribution in [1.82, 2.24) is 20.0 Å². The number of hydrazine groups is 1. The summed E-state index contributed by atoms with van der Waals surface area (Å²) >= 11 is 2.88. The number of nitrogen functional groups attached to an aromatic ring is 2. The first kappa shape index (κ1) is 29.1. The normalized spacial score (nSPS) is 16.5. The maximum Gasteiger partial charge on any atom is 0.185 e. The molecule has 10 nitrogen and oxygen atoms in total. The summed E-state index contributed by atoms with van der Waals surface area (Å²) in [5.41, 5.74) is 15.9. The van der Waals surface area contributed by atoms with Crippen LogP contribution < -0.4 is 22.3 Å². The topological polar surface area (TPSA) is 160 Å². The second-order valence-electron chi connectivity index (χ2n) is 10.1. The van der Waals surface area contributed by atoms with E-state index in [4.69, 9.17) is 31.8 Å². The lowest BCUT2D eigenvalue weighted by Crippen LogP contribution is -2.50. The van der Waals surface area contributed by atoms with Gasteiger partial charge in [0.05, 0.1) is 17.2 Å². The number of rotatable bonds is 11. The lowest BCUT2D eigenvalue weighted by Gasteiger charge is -2.34. The van der Waals surface area contributed by atoms with Crippen LogP contribution in [-0.4, -0.2) is 52.0 Å². The minimum atomic E-state index is -0.00624. The first-order valence-electron chi connectivity index (χ1n) is 13.5. The first-order valence-corrected chi connectivity index (χ1v) is 15.6. The van der Waals surface area contributed by atoms with Crippen LogP contribution in [-0.2, 0) is 12.8 Å². The molecule has 39 heavy (non-hydrogen) atoms. The van der Waals surface area contributed by atoms with Crippen LogP contribution in [0.5, 0.6) is 0 Å². The molecule has 4 rings (SSSR count). The summed E-state index contributed by atoms with van der Waals surface area (Å²) in [4.78, 5) is 13.0. The first-order chi connectivity index (χ1) is 18.8. The van der Waals surface area contributed by atoms with E-state index in [0.717, 1.165) is 61.1 Å². The van der Waals surface area contributed by atoms with Gasteiger partial charge in [0.1, 0.15) is 21.8 Å². The summed E-state index contributed by atoms with van der Waals surface area (Å²) in [5.74, 6) is 8.16. The van der Waals surface area contributed by atoms with Crippen molar-refractivity contribution in [3.8, 4) is 28.9 Å². The molecule has 12 heteroatoms. The molecule has 0 amide bonds. The molecule has 4 heterocycles. The van der Waals surface area contributed by atoms with Crippen LogP contribution in [0.25, 0.3) is 22.8 Å². The Labute approximate surface area is 238 Å². The lowest BCUT2D eigenvalue weighted by molar-refractivity contribution is 0.271. The fraction of sp³-hybridized carbons (Fsp3) is 0.556. The lowest BCUT2D eigenvalue weighted by atomic mass is 9.98. The molecule has 0 aromatic carbocycles. The zero-order valence-electron chi connectivity index (χ0n) is 23.5. The van der Waals surface area contributed by atoms with Gasteiger partial charge in [0.2, 0.25) is 0 Å². The third-order valence-corrected chi connectivity index (χ3v) is 9.28. The van der Waals surface area contributed by atoms with Crippen LogP contribution in [0.1, 0.15) is 68.9 Å². The van der Waals surface area contributed by atoms with Crippen molar-refractivity contribution in [2.75, 3.05) is 36.3 Å². The summed E-state index contributed by atoms with van der Waals surface area (Å²) in [6.45, 7) is 7.39. The second kappa shape index (κ2) is 12.6. The summed E-state index contributed by atoms with van der Waals surface area (Å²) in [5, 5.41) is 17.2. The number of hydrogen-bond acceptors (Lipinski definition) is 12. The Morgan fingerprint density at radius 1 is 1.26 bits per heavy atom. The number of aryl methyl sites for hydroxylation is 1. The molecule has 210 valence electrons. The SMILES string of the molecule is CCCCc1c(-c2nc(SC)c(N)c(N(N)C(C)C3CCCN3C)n2)noc1-c1c(CCC)sc(N)c1C#N. The van der Waals surface area contributed by atoms with Gasteiger partial charge in [0, 0.05) is 16.5 Å². The van der Waals surface area contributed by atoms with Crippen LogP contribution in [0.2, 0.25) is 0 Å². The third-order valence-electron chi connectivity index (χ3n) is 7.51. The molecule has 1 aliphatic heterocycles. The number of unbranched alkanes of at least 4 members (excludes halogenated alkanes) is 1. The Bertz CT molecular complexity index is 1350. The third kappa shape index (κ3) is 5.59. The van der Waals surface area contributed by atoms with Crippen LogP contribution in [0.15, 0.2) is 9.55 Å². The highest BCUT2D eigenvalue weighted by Crippen LogP contribution is 2.43. The van der Waals surface area contributed by atoms with Gasteiger partial charge in [0.25, 0.3) is 0 Å². The number of likely N-dealkylation sites (tertiary alicyclic amines) is 1. The Morgan fingerprint density at radius 3 is 2.64 bits per heavy atom. The Balaban J connectivity index is 1.86. The molecular weight excluding hydrogens is 530 g/mol. The minimum absolute atomic E-state index is 0.00624.